The first-order valence-electron chi connectivity index (χ1n) is 5.22. The molecule has 1 rings (SSSR count). The van der Waals surface area contributed by atoms with E-state index in [0.29, 0.717) is 12.1 Å². The van der Waals surface area contributed by atoms with Crippen LogP contribution in [0.25, 0.3) is 0 Å². The van der Waals surface area contributed by atoms with E-state index in [1.807, 2.05) is 18.9 Å². The van der Waals surface area contributed by atoms with E-state index in [1.54, 1.807) is 18.2 Å². The lowest BCUT2D eigenvalue weighted by Crippen LogP contribution is -2.31. The average Bonchev–Trinajstić information content (AvgIpc) is 2.30. The number of ether oxygens (including phenoxy) is 1. The number of rotatable bonds is 5. The van der Waals surface area contributed by atoms with Gasteiger partial charge in [-0.05, 0) is 20.0 Å². The van der Waals surface area contributed by atoms with E-state index in [4.69, 9.17) is 9.84 Å². The highest BCUT2D eigenvalue weighted by atomic mass is 19.1. The zero-order valence-corrected chi connectivity index (χ0v) is 9.90. The molecule has 0 aliphatic carbocycles. The number of methoxy groups -OCH3 is 1. The molecule has 1 unspecified atom stereocenters. The number of hydrogen-bond donors (Lipinski definition) is 1. The second kappa shape index (κ2) is 5.82. The maximum absolute atomic E-state index is 13.8. The van der Waals surface area contributed by atoms with Crippen molar-refractivity contribution >= 4 is 0 Å². The van der Waals surface area contributed by atoms with Crippen LogP contribution in [-0.2, 0) is 6.54 Å². The highest BCUT2D eigenvalue weighted by Gasteiger charge is 2.13. The van der Waals surface area contributed by atoms with Crippen LogP contribution in [-0.4, -0.2) is 36.8 Å². The summed E-state index contributed by atoms with van der Waals surface area (Å²) in [5.74, 6) is -0.0791. The van der Waals surface area contributed by atoms with Gasteiger partial charge in [-0.15, -0.1) is 0 Å². The van der Waals surface area contributed by atoms with Crippen molar-refractivity contribution in [3.05, 3.63) is 29.6 Å². The van der Waals surface area contributed by atoms with E-state index < -0.39 is 0 Å². The number of aliphatic hydroxyl groups is 1. The number of nitrogens with zero attached hydrogens (tertiary/aromatic N) is 1. The molecule has 0 radical (unpaired) electrons. The maximum atomic E-state index is 13.8. The van der Waals surface area contributed by atoms with Gasteiger partial charge in [-0.25, -0.2) is 4.39 Å². The van der Waals surface area contributed by atoms with Crippen molar-refractivity contribution in [3.63, 3.8) is 0 Å². The number of hydrogen-bond acceptors (Lipinski definition) is 3. The third-order valence-corrected chi connectivity index (χ3v) is 2.70. The lowest BCUT2D eigenvalue weighted by atomic mass is 10.1. The molecule has 0 amide bonds. The molecule has 3 nitrogen and oxygen atoms in total. The topological polar surface area (TPSA) is 32.7 Å². The molecule has 0 bridgehead atoms. The Balaban J connectivity index is 2.81. The van der Waals surface area contributed by atoms with Crippen LogP contribution < -0.4 is 4.74 Å². The molecule has 0 aliphatic heterocycles. The van der Waals surface area contributed by atoms with Crippen LogP contribution in [0.15, 0.2) is 18.2 Å². The summed E-state index contributed by atoms with van der Waals surface area (Å²) in [6.07, 6.45) is 0. The largest absolute Gasteiger partial charge is 0.494 e. The van der Waals surface area contributed by atoms with Crippen molar-refractivity contribution < 1.29 is 14.2 Å². The lowest BCUT2D eigenvalue weighted by Gasteiger charge is -2.23. The molecule has 1 N–H and O–H groups in total. The van der Waals surface area contributed by atoms with Gasteiger partial charge < -0.3 is 9.84 Å². The van der Waals surface area contributed by atoms with Crippen LogP contribution in [0.2, 0.25) is 0 Å². The summed E-state index contributed by atoms with van der Waals surface area (Å²) in [6, 6.07) is 5.08. The van der Waals surface area contributed by atoms with Crippen molar-refractivity contribution in [1.29, 1.82) is 0 Å². The van der Waals surface area contributed by atoms with E-state index in [2.05, 4.69) is 0 Å². The third-order valence-electron chi connectivity index (χ3n) is 2.70. The smallest absolute Gasteiger partial charge is 0.169 e. The van der Waals surface area contributed by atoms with Gasteiger partial charge in [0.1, 0.15) is 0 Å². The molecule has 0 saturated carbocycles. The zero-order chi connectivity index (χ0) is 12.1. The number of likely N-dealkylation sites (N-methyl/N-ethyl adjacent to an activating group) is 1. The molecule has 1 aromatic rings. The van der Waals surface area contributed by atoms with Crippen LogP contribution in [0.5, 0.6) is 5.75 Å². The Hall–Kier alpha value is -1.13. The van der Waals surface area contributed by atoms with Gasteiger partial charge in [0.05, 0.1) is 13.7 Å². The highest BCUT2D eigenvalue weighted by molar-refractivity contribution is 5.30. The van der Waals surface area contributed by atoms with Crippen molar-refractivity contribution in [3.8, 4) is 5.75 Å². The summed E-state index contributed by atoms with van der Waals surface area (Å²) in [7, 11) is 3.29. The van der Waals surface area contributed by atoms with E-state index in [0.717, 1.165) is 0 Å². The Morgan fingerprint density at radius 3 is 2.75 bits per heavy atom. The van der Waals surface area contributed by atoms with Crippen molar-refractivity contribution in [2.75, 3.05) is 20.8 Å². The van der Waals surface area contributed by atoms with Gasteiger partial charge in [-0.2, -0.15) is 0 Å². The van der Waals surface area contributed by atoms with Crippen molar-refractivity contribution in [2.24, 2.45) is 0 Å². The minimum atomic E-state index is -0.331. The van der Waals surface area contributed by atoms with Crippen LogP contribution in [0, 0.1) is 5.82 Å². The van der Waals surface area contributed by atoms with E-state index in [-0.39, 0.29) is 24.2 Å². The summed E-state index contributed by atoms with van der Waals surface area (Å²) in [5, 5.41) is 8.99. The zero-order valence-electron chi connectivity index (χ0n) is 9.90. The van der Waals surface area contributed by atoms with E-state index >= 15 is 0 Å². The van der Waals surface area contributed by atoms with E-state index in [9.17, 15) is 4.39 Å². The Kier molecular flexibility index (Phi) is 4.71. The predicted octanol–water partition coefficient (Wildman–Crippen LogP) is 1.65. The Bertz CT molecular complexity index is 344. The fourth-order valence-corrected chi connectivity index (χ4v) is 1.40. The Labute approximate surface area is 95.5 Å². The number of aliphatic hydroxyl groups excluding tert-OH is 1. The molecule has 1 aromatic carbocycles. The van der Waals surface area contributed by atoms with Crippen LogP contribution in [0.4, 0.5) is 4.39 Å². The van der Waals surface area contributed by atoms with Gasteiger partial charge in [0.15, 0.2) is 11.6 Å². The summed E-state index contributed by atoms with van der Waals surface area (Å²) < 4.78 is 18.7. The molecule has 0 fully saturated rings. The monoisotopic (exact) mass is 227 g/mol. The summed E-state index contributed by atoms with van der Waals surface area (Å²) >= 11 is 0. The first-order valence-corrected chi connectivity index (χ1v) is 5.22. The second-order valence-corrected chi connectivity index (χ2v) is 3.88. The first-order chi connectivity index (χ1) is 7.60. The first kappa shape index (κ1) is 12.9. The Morgan fingerprint density at radius 1 is 1.50 bits per heavy atom. The molecule has 0 aromatic heterocycles. The Morgan fingerprint density at radius 2 is 2.19 bits per heavy atom. The quantitative estimate of drug-likeness (QED) is 0.830. The predicted molar refractivity (Wildman–Crippen MR) is 61.0 cm³/mol. The van der Waals surface area contributed by atoms with Gasteiger partial charge in [0.2, 0.25) is 0 Å². The van der Waals surface area contributed by atoms with Crippen molar-refractivity contribution in [1.82, 2.24) is 4.90 Å². The molecule has 0 aliphatic rings. The van der Waals surface area contributed by atoms with Gasteiger partial charge in [0.25, 0.3) is 0 Å². The SMILES string of the molecule is COc1cccc(CN(C)C(C)CO)c1F. The molecule has 0 saturated heterocycles. The van der Waals surface area contributed by atoms with Gasteiger partial charge in [-0.1, -0.05) is 12.1 Å². The molecular weight excluding hydrogens is 209 g/mol. The minimum absolute atomic E-state index is 0.00519. The highest BCUT2D eigenvalue weighted by Crippen LogP contribution is 2.21. The van der Waals surface area contributed by atoms with Gasteiger partial charge in [0, 0.05) is 18.2 Å². The average molecular weight is 227 g/mol. The normalized spacial score (nSPS) is 12.9. The maximum Gasteiger partial charge on any atom is 0.169 e. The molecular formula is C12H18FNO2. The van der Waals surface area contributed by atoms with Gasteiger partial charge in [-0.3, -0.25) is 4.90 Å². The number of halogens is 1. The number of benzene rings is 1. The summed E-state index contributed by atoms with van der Waals surface area (Å²) in [5.41, 5.74) is 0.571. The molecule has 0 spiro atoms. The fraction of sp³-hybridized carbons (Fsp3) is 0.500. The lowest BCUT2D eigenvalue weighted by molar-refractivity contribution is 0.152. The summed E-state index contributed by atoms with van der Waals surface area (Å²) in [6.45, 7) is 2.39. The molecule has 1 atom stereocenters. The third kappa shape index (κ3) is 2.93. The van der Waals surface area contributed by atoms with Crippen LogP contribution in [0.1, 0.15) is 12.5 Å². The van der Waals surface area contributed by atoms with Crippen molar-refractivity contribution in [2.45, 2.75) is 19.5 Å². The van der Waals surface area contributed by atoms with Gasteiger partial charge >= 0.3 is 0 Å². The van der Waals surface area contributed by atoms with Crippen LogP contribution >= 0.6 is 0 Å². The molecule has 90 valence electrons. The van der Waals surface area contributed by atoms with Crippen LogP contribution in [0.3, 0.4) is 0 Å². The minimum Gasteiger partial charge on any atom is -0.494 e. The van der Waals surface area contributed by atoms with E-state index in [1.165, 1.54) is 7.11 Å². The second-order valence-electron chi connectivity index (χ2n) is 3.88. The standard InChI is InChI=1S/C12H18FNO2/c1-9(8-15)14(2)7-10-5-4-6-11(16-3)12(10)13/h4-6,9,15H,7-8H2,1-3H3. The molecule has 16 heavy (non-hydrogen) atoms. The molecule has 4 heteroatoms. The molecule has 0 heterocycles. The fourth-order valence-electron chi connectivity index (χ4n) is 1.40. The summed E-state index contributed by atoms with van der Waals surface area (Å²) in [4.78, 5) is 1.89.